The quantitative estimate of drug-likeness (QED) is 0.874. The van der Waals surface area contributed by atoms with Crippen molar-refractivity contribution in [3.63, 3.8) is 0 Å². The van der Waals surface area contributed by atoms with Gasteiger partial charge in [-0.3, -0.25) is 0 Å². The number of ether oxygens (including phenoxy) is 1. The van der Waals surface area contributed by atoms with E-state index in [1.54, 1.807) is 0 Å². The SMILES string of the molecule is CCNCc1c(C)cc(C)nc1OCc1cccc(Cl)c1. The molecule has 0 fully saturated rings. The summed E-state index contributed by atoms with van der Waals surface area (Å²) >= 11 is 6.00. The van der Waals surface area contributed by atoms with Crippen molar-refractivity contribution in [3.8, 4) is 5.88 Å². The highest BCUT2D eigenvalue weighted by Gasteiger charge is 2.10. The fourth-order valence-electron chi connectivity index (χ4n) is 2.19. The summed E-state index contributed by atoms with van der Waals surface area (Å²) in [6.45, 7) is 8.31. The highest BCUT2D eigenvalue weighted by Crippen LogP contribution is 2.22. The highest BCUT2D eigenvalue weighted by molar-refractivity contribution is 6.30. The molecule has 112 valence electrons. The van der Waals surface area contributed by atoms with E-state index in [4.69, 9.17) is 16.3 Å². The zero-order chi connectivity index (χ0) is 15.2. The van der Waals surface area contributed by atoms with Crippen LogP contribution >= 0.6 is 11.6 Å². The first kappa shape index (κ1) is 15.8. The number of benzene rings is 1. The minimum Gasteiger partial charge on any atom is -0.473 e. The fourth-order valence-corrected chi connectivity index (χ4v) is 2.40. The molecule has 0 aliphatic rings. The van der Waals surface area contributed by atoms with Gasteiger partial charge in [0, 0.05) is 22.8 Å². The number of aromatic nitrogens is 1. The van der Waals surface area contributed by atoms with E-state index in [1.807, 2.05) is 31.2 Å². The Hall–Kier alpha value is -1.58. The van der Waals surface area contributed by atoms with E-state index < -0.39 is 0 Å². The van der Waals surface area contributed by atoms with Crippen molar-refractivity contribution in [2.45, 2.75) is 33.9 Å². The second-order valence-electron chi connectivity index (χ2n) is 5.06. The van der Waals surface area contributed by atoms with Crippen molar-refractivity contribution in [2.24, 2.45) is 0 Å². The van der Waals surface area contributed by atoms with Crippen LogP contribution in [-0.2, 0) is 13.2 Å². The molecule has 0 saturated carbocycles. The van der Waals surface area contributed by atoms with Crippen molar-refractivity contribution in [1.82, 2.24) is 10.3 Å². The number of halogens is 1. The Morgan fingerprint density at radius 1 is 1.24 bits per heavy atom. The molecular formula is C17H21ClN2O. The van der Waals surface area contributed by atoms with Crippen LogP contribution in [0.3, 0.4) is 0 Å². The van der Waals surface area contributed by atoms with Crippen LogP contribution in [-0.4, -0.2) is 11.5 Å². The maximum Gasteiger partial charge on any atom is 0.218 e. The molecule has 1 heterocycles. The maximum absolute atomic E-state index is 6.00. The monoisotopic (exact) mass is 304 g/mol. The Balaban J connectivity index is 2.18. The zero-order valence-corrected chi connectivity index (χ0v) is 13.5. The van der Waals surface area contributed by atoms with Gasteiger partial charge in [0.05, 0.1) is 0 Å². The van der Waals surface area contributed by atoms with E-state index in [2.05, 4.69) is 30.2 Å². The zero-order valence-electron chi connectivity index (χ0n) is 12.7. The molecule has 0 amide bonds. The van der Waals surface area contributed by atoms with Gasteiger partial charge in [-0.05, 0) is 49.7 Å². The van der Waals surface area contributed by atoms with Crippen LogP contribution in [0.4, 0.5) is 0 Å². The summed E-state index contributed by atoms with van der Waals surface area (Å²) in [5, 5.41) is 4.05. The molecule has 0 radical (unpaired) electrons. The third-order valence-electron chi connectivity index (χ3n) is 3.25. The molecule has 0 atom stereocenters. The highest BCUT2D eigenvalue weighted by atomic mass is 35.5. The summed E-state index contributed by atoms with van der Waals surface area (Å²) < 4.78 is 5.93. The lowest BCUT2D eigenvalue weighted by Crippen LogP contribution is -2.15. The first-order chi connectivity index (χ1) is 10.1. The Morgan fingerprint density at radius 2 is 2.05 bits per heavy atom. The van der Waals surface area contributed by atoms with E-state index in [9.17, 15) is 0 Å². The smallest absolute Gasteiger partial charge is 0.218 e. The molecule has 4 heteroatoms. The van der Waals surface area contributed by atoms with Gasteiger partial charge >= 0.3 is 0 Å². The number of rotatable bonds is 6. The van der Waals surface area contributed by atoms with Crippen LogP contribution in [0, 0.1) is 13.8 Å². The van der Waals surface area contributed by atoms with E-state index in [0.29, 0.717) is 12.5 Å². The van der Waals surface area contributed by atoms with Crippen molar-refractivity contribution < 1.29 is 4.74 Å². The normalized spacial score (nSPS) is 10.7. The molecule has 0 aliphatic heterocycles. The largest absolute Gasteiger partial charge is 0.473 e. The molecule has 1 aromatic carbocycles. The van der Waals surface area contributed by atoms with Gasteiger partial charge in [-0.25, -0.2) is 4.98 Å². The summed E-state index contributed by atoms with van der Waals surface area (Å²) in [5.41, 5.74) is 4.32. The number of nitrogens with one attached hydrogen (secondary N) is 1. The van der Waals surface area contributed by atoms with Crippen LogP contribution in [0.15, 0.2) is 30.3 Å². The Labute approximate surface area is 131 Å². The molecule has 0 saturated heterocycles. The van der Waals surface area contributed by atoms with Gasteiger partial charge in [0.15, 0.2) is 0 Å². The van der Waals surface area contributed by atoms with Crippen molar-refractivity contribution >= 4 is 11.6 Å². The lowest BCUT2D eigenvalue weighted by molar-refractivity contribution is 0.288. The number of pyridine rings is 1. The topological polar surface area (TPSA) is 34.2 Å². The summed E-state index contributed by atoms with van der Waals surface area (Å²) in [5.74, 6) is 0.702. The minimum atomic E-state index is 0.468. The van der Waals surface area contributed by atoms with E-state index in [-0.39, 0.29) is 0 Å². The second kappa shape index (κ2) is 7.43. The standard InChI is InChI=1S/C17H21ClN2O/c1-4-19-10-16-12(2)8-13(3)20-17(16)21-11-14-6-5-7-15(18)9-14/h5-9,19H,4,10-11H2,1-3H3. The predicted molar refractivity (Wildman–Crippen MR) is 86.9 cm³/mol. The van der Waals surface area contributed by atoms with Crippen LogP contribution < -0.4 is 10.1 Å². The maximum atomic E-state index is 6.00. The molecule has 1 aromatic heterocycles. The van der Waals surface area contributed by atoms with Crippen LogP contribution in [0.2, 0.25) is 5.02 Å². The van der Waals surface area contributed by atoms with Gasteiger partial charge in [0.25, 0.3) is 0 Å². The molecule has 0 unspecified atom stereocenters. The van der Waals surface area contributed by atoms with Crippen LogP contribution in [0.1, 0.15) is 29.3 Å². The molecule has 21 heavy (non-hydrogen) atoms. The number of nitrogens with zero attached hydrogens (tertiary/aromatic N) is 1. The summed E-state index contributed by atoms with van der Waals surface area (Å²) in [6.07, 6.45) is 0. The molecular weight excluding hydrogens is 284 g/mol. The number of hydrogen-bond donors (Lipinski definition) is 1. The molecule has 2 rings (SSSR count). The summed E-state index contributed by atoms with van der Waals surface area (Å²) in [4.78, 5) is 4.53. The molecule has 0 aliphatic carbocycles. The first-order valence-electron chi connectivity index (χ1n) is 7.15. The average molecular weight is 305 g/mol. The lowest BCUT2D eigenvalue weighted by atomic mass is 10.1. The Kier molecular flexibility index (Phi) is 5.59. The van der Waals surface area contributed by atoms with E-state index >= 15 is 0 Å². The predicted octanol–water partition coefficient (Wildman–Crippen LogP) is 4.04. The number of hydrogen-bond acceptors (Lipinski definition) is 3. The molecule has 0 bridgehead atoms. The van der Waals surface area contributed by atoms with Gasteiger partial charge in [0.2, 0.25) is 5.88 Å². The Bertz CT molecular complexity index is 614. The fraction of sp³-hybridized carbons (Fsp3) is 0.353. The molecule has 2 aromatic rings. The first-order valence-corrected chi connectivity index (χ1v) is 7.53. The van der Waals surface area contributed by atoms with Crippen molar-refractivity contribution in [3.05, 3.63) is 57.7 Å². The summed E-state index contributed by atoms with van der Waals surface area (Å²) in [6, 6.07) is 9.78. The second-order valence-corrected chi connectivity index (χ2v) is 5.50. The van der Waals surface area contributed by atoms with Crippen LogP contribution in [0.25, 0.3) is 0 Å². The van der Waals surface area contributed by atoms with Gasteiger partial charge in [-0.15, -0.1) is 0 Å². The summed E-state index contributed by atoms with van der Waals surface area (Å²) in [7, 11) is 0. The van der Waals surface area contributed by atoms with Crippen molar-refractivity contribution in [1.29, 1.82) is 0 Å². The third-order valence-corrected chi connectivity index (χ3v) is 3.49. The molecule has 1 N–H and O–H groups in total. The lowest BCUT2D eigenvalue weighted by Gasteiger charge is -2.14. The van der Waals surface area contributed by atoms with Gasteiger partial charge in [0.1, 0.15) is 6.61 Å². The van der Waals surface area contributed by atoms with Crippen molar-refractivity contribution in [2.75, 3.05) is 6.54 Å². The minimum absolute atomic E-state index is 0.468. The van der Waals surface area contributed by atoms with E-state index in [0.717, 1.165) is 34.9 Å². The third kappa shape index (κ3) is 4.45. The molecule has 3 nitrogen and oxygen atoms in total. The van der Waals surface area contributed by atoms with Gasteiger partial charge in [-0.2, -0.15) is 0 Å². The van der Waals surface area contributed by atoms with Crippen LogP contribution in [0.5, 0.6) is 5.88 Å². The Morgan fingerprint density at radius 3 is 2.76 bits per heavy atom. The van der Waals surface area contributed by atoms with Gasteiger partial charge < -0.3 is 10.1 Å². The van der Waals surface area contributed by atoms with Gasteiger partial charge in [-0.1, -0.05) is 30.7 Å². The molecule has 0 spiro atoms. The van der Waals surface area contributed by atoms with E-state index in [1.165, 1.54) is 5.56 Å². The average Bonchev–Trinajstić information content (AvgIpc) is 2.44. The number of aryl methyl sites for hydroxylation is 2.